The molecule has 122 heavy (non-hydrogen) atoms. The normalized spacial score (nSPS) is 15.7. The van der Waals surface area contributed by atoms with Crippen molar-refractivity contribution in [2.75, 3.05) is 70.5 Å². The predicted octanol–water partition coefficient (Wildman–Crippen LogP) is 20.8. The number of halogens is 4. The molecule has 0 spiro atoms. The van der Waals surface area contributed by atoms with Crippen LogP contribution in [0.5, 0.6) is 0 Å². The standard InChI is InChI=1S/C26H24ClN3O.C25H26ClN5O3S.C15H18N2O2.C13H12ClN.C8H15NO2.C7H4BrN.2CH4/c1-18-7-2-3-10-22(18)20-12-13-24(23(27)16-20)29-26(31)25-11-4-5-14-30(25)21-9-6-8-19(15-21)17-28;26-20-15-16(19-8-1-2-10-23(19)35(29,33)34)11-12-21(20)30-25(32)22-9-3-4-13-31(22)18-7-5-6-17(14-18)24(27)28;1-2-19-15(18)14-8-3-4-9-17(14)13-7-5-6-12(10-13)11-16;1-9-4-2-3-5-11(9)10-6-7-13(15)12(14)8-10;1-2-11-8(10)7-5-3-4-6-9-7;8-7-3-1-2-6(4-7)5-9;;/h2-3,6-10,12-13,15-16,25H,4-5,11,14H2,1H3,(H,29,31);1-2,5-8,10-12,14-15,22H,3-4,9,13H2,(H3,27,28)(H,30,32)(H2,29,33,34);5-7,10,14H,2-4,8-9H2,1H3;2-8H,15H2,1H3;7,9H,2-6H2,1H3;1-4H;2*1H4. The Balaban J connectivity index is 0.000000213. The maximum atomic E-state index is 13.3. The first-order chi connectivity index (χ1) is 57.8. The number of aryl methyl sites for hydroxylation is 2. The second-order valence-electron chi connectivity index (χ2n) is 28.8. The van der Waals surface area contributed by atoms with Gasteiger partial charge in [-0.2, -0.15) is 15.8 Å². The van der Waals surface area contributed by atoms with Crippen molar-refractivity contribution < 1.29 is 37.1 Å². The number of nitrogens with two attached hydrogens (primary N) is 3. The van der Waals surface area contributed by atoms with Crippen LogP contribution in [0.25, 0.3) is 33.4 Å². The lowest BCUT2D eigenvalue weighted by atomic mass is 9.99. The molecule has 0 bridgehead atoms. The molecule has 2 amide bonds. The van der Waals surface area contributed by atoms with E-state index in [0.29, 0.717) is 86.7 Å². The highest BCUT2D eigenvalue weighted by Crippen LogP contribution is 2.37. The monoisotopic (exact) mass is 1790 g/mol. The molecule has 4 saturated heterocycles. The third-order valence-corrected chi connectivity index (χ3v) is 22.9. The van der Waals surface area contributed by atoms with Crippen LogP contribution in [0.15, 0.2) is 234 Å². The molecule has 4 heterocycles. The summed E-state index contributed by atoms with van der Waals surface area (Å²) in [4.78, 5) is 55.8. The predicted molar refractivity (Wildman–Crippen MR) is 499 cm³/mol. The highest BCUT2D eigenvalue weighted by Gasteiger charge is 2.33. The summed E-state index contributed by atoms with van der Waals surface area (Å²) in [6, 6.07) is 74.0. The van der Waals surface area contributed by atoms with E-state index < -0.39 is 16.1 Å². The number of primary sulfonamides is 1. The van der Waals surface area contributed by atoms with Gasteiger partial charge < -0.3 is 51.6 Å². The van der Waals surface area contributed by atoms with Gasteiger partial charge in [-0.15, -0.1) is 0 Å². The quantitative estimate of drug-likeness (QED) is 0.0204. The molecular formula is C96H107BrCl3N13O8S. The van der Waals surface area contributed by atoms with Crippen LogP contribution in [-0.4, -0.2) is 102 Å². The summed E-state index contributed by atoms with van der Waals surface area (Å²) in [6.45, 7) is 12.0. The van der Waals surface area contributed by atoms with E-state index in [2.05, 4.69) is 91.9 Å². The molecule has 21 nitrogen and oxygen atoms in total. The largest absolute Gasteiger partial charge is 0.465 e. The van der Waals surface area contributed by atoms with Crippen LogP contribution < -0.4 is 47.3 Å². The Bertz CT molecular complexity index is 5480. The summed E-state index contributed by atoms with van der Waals surface area (Å²) >= 11 is 22.3. The van der Waals surface area contributed by atoms with Crippen LogP contribution in [0.4, 0.5) is 34.1 Å². The number of nitriles is 3. The van der Waals surface area contributed by atoms with Crippen LogP contribution in [-0.2, 0) is 38.7 Å². The minimum atomic E-state index is -3.92. The van der Waals surface area contributed by atoms with E-state index in [9.17, 15) is 32.9 Å². The summed E-state index contributed by atoms with van der Waals surface area (Å²) in [6.07, 6.45) is 11.5. The number of nitrogen functional groups attached to an aromatic ring is 2. The third-order valence-electron chi connectivity index (χ3n) is 20.5. The van der Waals surface area contributed by atoms with E-state index in [1.165, 1.54) is 29.2 Å². The zero-order valence-corrected chi connectivity index (χ0v) is 72.2. The number of hydrogen-bond acceptors (Lipinski definition) is 17. The van der Waals surface area contributed by atoms with Crippen LogP contribution in [0.3, 0.4) is 0 Å². The SMILES string of the molecule is C.C.CCOC(=O)C1CCCCN1.CCOC(=O)C1CCCCN1c1cccc(C#N)c1.Cc1ccccc1-c1ccc(N)c(Cl)c1.Cc1ccccc1-c1ccc(NC(=O)C2CCCCN2c2cccc(C#N)c2)c(Cl)c1.N#Cc1cccc(Br)c1.N=C(N)c1cccc(N2CCCCC2C(=O)Nc2ccc(-c3ccccc3S(N)(=O)=O)cc2Cl)c1. The molecule has 10 aromatic rings. The number of amides is 2. The molecule has 638 valence electrons. The summed E-state index contributed by atoms with van der Waals surface area (Å²) in [5, 5.41) is 50.1. The Labute approximate surface area is 741 Å². The number of ether oxygens (including phenoxy) is 2. The Morgan fingerprint density at radius 3 is 1.34 bits per heavy atom. The number of benzene rings is 10. The van der Waals surface area contributed by atoms with Gasteiger partial charge in [0.2, 0.25) is 21.8 Å². The number of hydrogen-bond donors (Lipinski definition) is 7. The Morgan fingerprint density at radius 1 is 0.500 bits per heavy atom. The van der Waals surface area contributed by atoms with Gasteiger partial charge in [0, 0.05) is 52.3 Å². The summed E-state index contributed by atoms with van der Waals surface area (Å²) in [5.74, 6) is -0.553. The van der Waals surface area contributed by atoms with Gasteiger partial charge in [-0.3, -0.25) is 19.8 Å². The molecule has 0 saturated carbocycles. The number of anilines is 6. The Kier molecular flexibility index (Phi) is 39.0. The van der Waals surface area contributed by atoms with E-state index in [0.717, 1.165) is 122 Å². The van der Waals surface area contributed by atoms with Crippen molar-refractivity contribution in [1.29, 1.82) is 21.2 Å². The van der Waals surface area contributed by atoms with Gasteiger partial charge in [0.25, 0.3) is 0 Å². The van der Waals surface area contributed by atoms with E-state index in [1.54, 1.807) is 66.7 Å². The van der Waals surface area contributed by atoms with Crippen molar-refractivity contribution >= 4 is 124 Å². The molecule has 10 aromatic carbocycles. The van der Waals surface area contributed by atoms with Crippen molar-refractivity contribution in [2.45, 2.75) is 149 Å². The second kappa shape index (κ2) is 48.8. The highest BCUT2D eigenvalue weighted by molar-refractivity contribution is 9.10. The number of nitrogens with one attached hydrogen (secondary N) is 4. The smallest absolute Gasteiger partial charge is 0.328 e. The van der Waals surface area contributed by atoms with Crippen molar-refractivity contribution in [1.82, 2.24) is 5.32 Å². The first-order valence-corrected chi connectivity index (χ1v) is 43.3. The van der Waals surface area contributed by atoms with Crippen molar-refractivity contribution in [3.05, 3.63) is 277 Å². The van der Waals surface area contributed by atoms with Crippen LogP contribution in [0.1, 0.15) is 139 Å². The van der Waals surface area contributed by atoms with Gasteiger partial charge in [0.15, 0.2) is 0 Å². The van der Waals surface area contributed by atoms with Gasteiger partial charge in [-0.05, 0) is 253 Å². The molecule has 26 heteroatoms. The van der Waals surface area contributed by atoms with Crippen LogP contribution in [0.2, 0.25) is 15.1 Å². The molecular weight excluding hydrogens is 1680 g/mol. The fraction of sp³-hybridized carbons (Fsp3) is 0.292. The van der Waals surface area contributed by atoms with E-state index in [-0.39, 0.29) is 72.5 Å². The van der Waals surface area contributed by atoms with Crippen molar-refractivity contribution in [3.63, 3.8) is 0 Å². The average molecular weight is 1790 g/mol. The van der Waals surface area contributed by atoms with Gasteiger partial charge in [0.05, 0.1) is 85.1 Å². The molecule has 4 unspecified atom stereocenters. The molecule has 4 atom stereocenters. The number of nitrogens with zero attached hydrogens (tertiary/aromatic N) is 6. The van der Waals surface area contributed by atoms with Gasteiger partial charge in [-0.25, -0.2) is 18.4 Å². The van der Waals surface area contributed by atoms with Crippen LogP contribution >= 0.6 is 50.7 Å². The summed E-state index contributed by atoms with van der Waals surface area (Å²) in [7, 11) is -3.92. The zero-order valence-electron chi connectivity index (χ0n) is 67.5. The minimum absolute atomic E-state index is 0. The van der Waals surface area contributed by atoms with E-state index >= 15 is 0 Å². The summed E-state index contributed by atoms with van der Waals surface area (Å²) in [5.41, 5.74) is 26.0. The van der Waals surface area contributed by atoms with Gasteiger partial charge in [-0.1, -0.05) is 187 Å². The topological polar surface area (TPSA) is 340 Å². The third kappa shape index (κ3) is 28.0. The summed E-state index contributed by atoms with van der Waals surface area (Å²) < 4.78 is 34.9. The van der Waals surface area contributed by atoms with Crippen LogP contribution in [0, 0.1) is 53.3 Å². The Hall–Kier alpha value is -11.6. The number of carbonyl (C=O) groups excluding carboxylic acids is 4. The highest BCUT2D eigenvalue weighted by atomic mass is 79.9. The van der Waals surface area contributed by atoms with E-state index in [4.69, 9.17) is 76.8 Å². The minimum Gasteiger partial charge on any atom is -0.465 e. The fourth-order valence-corrected chi connectivity index (χ4v) is 16.2. The number of amidine groups is 1. The average Bonchev–Trinajstić information content (AvgIpc) is 0.853. The van der Waals surface area contributed by atoms with Crippen molar-refractivity contribution in [3.8, 4) is 51.6 Å². The molecule has 4 fully saturated rings. The molecule has 0 aromatic heterocycles. The lowest BCUT2D eigenvalue weighted by Gasteiger charge is -2.36. The second-order valence-corrected chi connectivity index (χ2v) is 32.5. The first-order valence-electron chi connectivity index (χ1n) is 39.8. The molecule has 0 aliphatic carbocycles. The fourth-order valence-electron chi connectivity index (χ4n) is 14.4. The lowest BCUT2D eigenvalue weighted by molar-refractivity contribution is -0.146. The number of carbonyl (C=O) groups is 4. The Morgan fingerprint density at radius 2 is 0.910 bits per heavy atom. The lowest BCUT2D eigenvalue weighted by Crippen LogP contribution is -2.47. The maximum absolute atomic E-state index is 13.3. The molecule has 0 radical (unpaired) electrons. The van der Waals surface area contributed by atoms with E-state index in [1.807, 2.05) is 152 Å². The zero-order chi connectivity index (χ0) is 86.3. The first kappa shape index (κ1) is 97.6. The molecule has 14 rings (SSSR count). The molecule has 4 aliphatic heterocycles. The number of piperidine rings is 4. The van der Waals surface area contributed by atoms with Crippen molar-refractivity contribution in [2.24, 2.45) is 10.9 Å². The number of rotatable bonds is 16. The number of sulfonamides is 1. The maximum Gasteiger partial charge on any atom is 0.328 e. The molecule has 4 aliphatic rings. The molecule has 10 N–H and O–H groups in total. The van der Waals surface area contributed by atoms with Gasteiger partial charge >= 0.3 is 11.9 Å². The number of esters is 2. The van der Waals surface area contributed by atoms with Gasteiger partial charge in [0.1, 0.15) is 30.0 Å².